The Morgan fingerprint density at radius 1 is 0.909 bits per heavy atom. The standard InChI is InChI=1S/C23H19N5O3S2/c29-22-19-10-4-5-11-20(19)33(30,31)28(22)13-14-32-23-26-25-21(18-9-6-12-24-15-18)27(23)16-17-7-2-1-3-8-17/h1-12,15H,13-14,16H2. The predicted molar refractivity (Wildman–Crippen MR) is 124 cm³/mol. The summed E-state index contributed by atoms with van der Waals surface area (Å²) in [5.74, 6) is 0.526. The highest BCUT2D eigenvalue weighted by Crippen LogP contribution is 2.31. The van der Waals surface area contributed by atoms with Gasteiger partial charge in [0.1, 0.15) is 4.90 Å². The van der Waals surface area contributed by atoms with Gasteiger partial charge in [-0.05, 0) is 29.8 Å². The van der Waals surface area contributed by atoms with Crippen molar-refractivity contribution in [3.63, 3.8) is 0 Å². The minimum absolute atomic E-state index is 0.0426. The van der Waals surface area contributed by atoms with E-state index in [0.717, 1.165) is 15.4 Å². The molecule has 0 saturated carbocycles. The van der Waals surface area contributed by atoms with E-state index in [-0.39, 0.29) is 17.0 Å². The molecule has 2 aromatic heterocycles. The number of carbonyl (C=O) groups is 1. The first-order valence-electron chi connectivity index (χ1n) is 10.2. The summed E-state index contributed by atoms with van der Waals surface area (Å²) in [5, 5.41) is 9.34. The minimum Gasteiger partial charge on any atom is -0.298 e. The molecule has 0 atom stereocenters. The Morgan fingerprint density at radius 2 is 1.70 bits per heavy atom. The molecule has 8 nitrogen and oxygen atoms in total. The lowest BCUT2D eigenvalue weighted by Gasteiger charge is -2.15. The van der Waals surface area contributed by atoms with Crippen molar-refractivity contribution in [2.75, 3.05) is 12.3 Å². The molecule has 3 heterocycles. The average molecular weight is 478 g/mol. The lowest BCUT2D eigenvalue weighted by atomic mass is 10.2. The molecule has 1 amide bonds. The van der Waals surface area contributed by atoms with Gasteiger partial charge in [0, 0.05) is 30.3 Å². The molecule has 0 spiro atoms. The van der Waals surface area contributed by atoms with E-state index in [1.807, 2.05) is 47.0 Å². The van der Waals surface area contributed by atoms with E-state index in [9.17, 15) is 13.2 Å². The van der Waals surface area contributed by atoms with Crippen LogP contribution in [0.2, 0.25) is 0 Å². The number of amides is 1. The van der Waals surface area contributed by atoms with Gasteiger partial charge in [0.15, 0.2) is 11.0 Å². The lowest BCUT2D eigenvalue weighted by Crippen LogP contribution is -2.32. The van der Waals surface area contributed by atoms with Crippen LogP contribution in [-0.4, -0.2) is 50.7 Å². The first kappa shape index (κ1) is 21.4. The van der Waals surface area contributed by atoms with Crippen molar-refractivity contribution >= 4 is 27.7 Å². The molecule has 0 N–H and O–H groups in total. The maximum atomic E-state index is 12.8. The van der Waals surface area contributed by atoms with Crippen LogP contribution in [0.25, 0.3) is 11.4 Å². The Kier molecular flexibility index (Phi) is 5.69. The predicted octanol–water partition coefficient (Wildman–Crippen LogP) is 3.33. The molecular formula is C23H19N5O3S2. The first-order valence-corrected chi connectivity index (χ1v) is 12.6. The van der Waals surface area contributed by atoms with Crippen LogP contribution in [-0.2, 0) is 16.6 Å². The van der Waals surface area contributed by atoms with Gasteiger partial charge in [-0.1, -0.05) is 54.2 Å². The summed E-state index contributed by atoms with van der Waals surface area (Å²) < 4.78 is 28.5. The van der Waals surface area contributed by atoms with Crippen molar-refractivity contribution in [1.82, 2.24) is 24.1 Å². The maximum absolute atomic E-state index is 12.8. The topological polar surface area (TPSA) is 98.1 Å². The zero-order valence-corrected chi connectivity index (χ0v) is 19.0. The summed E-state index contributed by atoms with van der Waals surface area (Å²) >= 11 is 1.36. The summed E-state index contributed by atoms with van der Waals surface area (Å²) in [7, 11) is -3.83. The minimum atomic E-state index is -3.83. The van der Waals surface area contributed by atoms with Crippen molar-refractivity contribution in [2.24, 2.45) is 0 Å². The van der Waals surface area contributed by atoms with Crippen molar-refractivity contribution in [3.05, 3.63) is 90.3 Å². The quantitative estimate of drug-likeness (QED) is 0.377. The number of pyridine rings is 1. The molecule has 1 aliphatic rings. The van der Waals surface area contributed by atoms with Gasteiger partial charge >= 0.3 is 0 Å². The maximum Gasteiger partial charge on any atom is 0.269 e. The van der Waals surface area contributed by atoms with E-state index in [0.29, 0.717) is 23.3 Å². The fourth-order valence-corrected chi connectivity index (χ4v) is 6.23. The normalized spacial score (nSPS) is 14.4. The number of fused-ring (bicyclic) bond motifs is 1. The second kappa shape index (κ2) is 8.80. The van der Waals surface area contributed by atoms with Gasteiger partial charge < -0.3 is 0 Å². The fourth-order valence-electron chi connectivity index (χ4n) is 3.68. The van der Waals surface area contributed by atoms with Gasteiger partial charge in [0.05, 0.1) is 12.1 Å². The van der Waals surface area contributed by atoms with Gasteiger partial charge in [0.25, 0.3) is 15.9 Å². The number of sulfonamides is 1. The van der Waals surface area contributed by atoms with Crippen molar-refractivity contribution in [2.45, 2.75) is 16.6 Å². The number of hydrogen-bond donors (Lipinski definition) is 0. The van der Waals surface area contributed by atoms with Gasteiger partial charge in [-0.3, -0.25) is 14.3 Å². The highest BCUT2D eigenvalue weighted by atomic mass is 32.2. The van der Waals surface area contributed by atoms with E-state index >= 15 is 0 Å². The number of aromatic nitrogens is 4. The van der Waals surface area contributed by atoms with E-state index in [2.05, 4.69) is 15.2 Å². The Hall–Kier alpha value is -3.50. The smallest absolute Gasteiger partial charge is 0.269 e. The summed E-state index contributed by atoms with van der Waals surface area (Å²) in [6.45, 7) is 0.591. The molecule has 33 heavy (non-hydrogen) atoms. The van der Waals surface area contributed by atoms with Crippen LogP contribution in [0.15, 0.2) is 89.2 Å². The van der Waals surface area contributed by atoms with Crippen LogP contribution in [0, 0.1) is 0 Å². The third-order valence-corrected chi connectivity index (χ3v) is 8.05. The van der Waals surface area contributed by atoms with Crippen LogP contribution in [0.5, 0.6) is 0 Å². The summed E-state index contributed by atoms with van der Waals surface area (Å²) in [5.41, 5.74) is 2.13. The van der Waals surface area contributed by atoms with Gasteiger partial charge in [-0.2, -0.15) is 0 Å². The number of rotatable bonds is 7. The fraction of sp³-hybridized carbons (Fsp3) is 0.130. The van der Waals surface area contributed by atoms with E-state index < -0.39 is 15.9 Å². The van der Waals surface area contributed by atoms with Crippen LogP contribution >= 0.6 is 11.8 Å². The molecule has 166 valence electrons. The van der Waals surface area contributed by atoms with Crippen LogP contribution in [0.4, 0.5) is 0 Å². The number of carbonyl (C=O) groups excluding carboxylic acids is 1. The summed E-state index contributed by atoms with van der Waals surface area (Å²) in [6.07, 6.45) is 3.43. The molecular weight excluding hydrogens is 458 g/mol. The second-order valence-electron chi connectivity index (χ2n) is 7.35. The van der Waals surface area contributed by atoms with Crippen LogP contribution in [0.1, 0.15) is 15.9 Å². The third-order valence-electron chi connectivity index (χ3n) is 5.26. The van der Waals surface area contributed by atoms with E-state index in [4.69, 9.17) is 0 Å². The monoisotopic (exact) mass is 477 g/mol. The molecule has 0 radical (unpaired) electrons. The number of nitrogens with zero attached hydrogens (tertiary/aromatic N) is 5. The summed E-state index contributed by atoms with van der Waals surface area (Å²) in [6, 6.07) is 20.0. The molecule has 0 saturated heterocycles. The van der Waals surface area contributed by atoms with E-state index in [1.165, 1.54) is 17.8 Å². The van der Waals surface area contributed by atoms with Crippen LogP contribution < -0.4 is 0 Å². The number of thioether (sulfide) groups is 1. The number of hydrogen-bond acceptors (Lipinski definition) is 7. The largest absolute Gasteiger partial charge is 0.298 e. The molecule has 0 unspecified atom stereocenters. The molecule has 4 aromatic rings. The first-order chi connectivity index (χ1) is 16.1. The summed E-state index contributed by atoms with van der Waals surface area (Å²) in [4.78, 5) is 16.9. The average Bonchev–Trinajstić information content (AvgIpc) is 3.32. The zero-order valence-electron chi connectivity index (χ0n) is 17.4. The molecule has 10 heteroatoms. The SMILES string of the molecule is O=C1c2ccccc2S(=O)(=O)N1CCSc1nnc(-c2cccnc2)n1Cc1ccccc1. The lowest BCUT2D eigenvalue weighted by molar-refractivity contribution is 0.0876. The Balaban J connectivity index is 1.38. The Morgan fingerprint density at radius 3 is 2.45 bits per heavy atom. The van der Waals surface area contributed by atoms with Gasteiger partial charge in [-0.25, -0.2) is 12.7 Å². The van der Waals surface area contributed by atoms with Crippen molar-refractivity contribution in [3.8, 4) is 11.4 Å². The highest BCUT2D eigenvalue weighted by Gasteiger charge is 2.40. The van der Waals surface area contributed by atoms with Crippen molar-refractivity contribution < 1.29 is 13.2 Å². The zero-order chi connectivity index (χ0) is 22.8. The molecule has 5 rings (SSSR count). The molecule has 0 bridgehead atoms. The highest BCUT2D eigenvalue weighted by molar-refractivity contribution is 7.99. The Labute approximate surface area is 195 Å². The van der Waals surface area contributed by atoms with E-state index in [1.54, 1.807) is 30.6 Å². The molecule has 0 aliphatic carbocycles. The second-order valence-corrected chi connectivity index (χ2v) is 10.2. The third kappa shape index (κ3) is 4.03. The van der Waals surface area contributed by atoms with Crippen molar-refractivity contribution in [1.29, 1.82) is 0 Å². The van der Waals surface area contributed by atoms with Gasteiger partial charge in [0.2, 0.25) is 0 Å². The van der Waals surface area contributed by atoms with Gasteiger partial charge in [-0.15, -0.1) is 10.2 Å². The molecule has 2 aromatic carbocycles. The van der Waals surface area contributed by atoms with Crippen LogP contribution in [0.3, 0.4) is 0 Å². The molecule has 1 aliphatic heterocycles. The Bertz CT molecular complexity index is 1410. The molecule has 0 fully saturated rings. The number of benzene rings is 2.